The van der Waals surface area contributed by atoms with Crippen LogP contribution < -0.4 is 10.9 Å². The molecule has 2 unspecified atom stereocenters. The standard InChI is InChI=1S/C23H23F2N3O2S/c1-14-6-2-4-8-18(14)26-21(29)13-31-23-27-19-9-5-3-7-16(19)22(30)28(23)20-11-10-15(24)12-17(20)25/h3,5,7,9-12,14,18H,2,4,6,8,13H2,1H3,(H,26,29). The summed E-state index contributed by atoms with van der Waals surface area (Å²) in [6.07, 6.45) is 4.32. The van der Waals surface area contributed by atoms with Crippen molar-refractivity contribution < 1.29 is 13.6 Å². The summed E-state index contributed by atoms with van der Waals surface area (Å²) in [7, 11) is 0. The van der Waals surface area contributed by atoms with Gasteiger partial charge in [0, 0.05) is 12.1 Å². The van der Waals surface area contributed by atoms with E-state index in [9.17, 15) is 18.4 Å². The average molecular weight is 444 g/mol. The molecule has 1 fully saturated rings. The summed E-state index contributed by atoms with van der Waals surface area (Å²) in [4.78, 5) is 30.2. The number of carbonyl (C=O) groups is 1. The van der Waals surface area contributed by atoms with E-state index in [1.54, 1.807) is 24.3 Å². The molecule has 2 atom stereocenters. The molecular formula is C23H23F2N3O2S. The van der Waals surface area contributed by atoms with E-state index in [1.807, 2.05) is 0 Å². The molecule has 1 amide bonds. The molecule has 1 aliphatic rings. The highest BCUT2D eigenvalue weighted by Gasteiger charge is 2.23. The highest BCUT2D eigenvalue weighted by Crippen LogP contribution is 2.25. The van der Waals surface area contributed by atoms with Gasteiger partial charge in [0.1, 0.15) is 11.6 Å². The van der Waals surface area contributed by atoms with Gasteiger partial charge in [0.2, 0.25) is 5.91 Å². The Morgan fingerprint density at radius 2 is 1.97 bits per heavy atom. The van der Waals surface area contributed by atoms with E-state index in [2.05, 4.69) is 17.2 Å². The molecule has 4 rings (SSSR count). The zero-order valence-corrected chi connectivity index (χ0v) is 17.9. The first-order chi connectivity index (χ1) is 14.9. The van der Waals surface area contributed by atoms with Gasteiger partial charge in [0.15, 0.2) is 5.16 Å². The van der Waals surface area contributed by atoms with Crippen LogP contribution in [0.3, 0.4) is 0 Å². The van der Waals surface area contributed by atoms with Crippen molar-refractivity contribution in [3.8, 4) is 5.69 Å². The van der Waals surface area contributed by atoms with Gasteiger partial charge in [0.05, 0.1) is 22.3 Å². The predicted molar refractivity (Wildman–Crippen MR) is 118 cm³/mol. The number of rotatable bonds is 5. The highest BCUT2D eigenvalue weighted by molar-refractivity contribution is 7.99. The van der Waals surface area contributed by atoms with E-state index in [-0.39, 0.29) is 28.5 Å². The molecule has 2 aromatic carbocycles. The van der Waals surface area contributed by atoms with Crippen molar-refractivity contribution in [2.24, 2.45) is 5.92 Å². The third-order valence-corrected chi connectivity index (χ3v) is 6.62. The summed E-state index contributed by atoms with van der Waals surface area (Å²) in [5, 5.41) is 3.57. The first-order valence-corrected chi connectivity index (χ1v) is 11.3. The first kappa shape index (κ1) is 21.5. The molecule has 3 aromatic rings. The van der Waals surface area contributed by atoms with Gasteiger partial charge in [-0.05, 0) is 43.0 Å². The number of halogens is 2. The fourth-order valence-electron chi connectivity index (χ4n) is 3.99. The fraction of sp³-hybridized carbons (Fsp3) is 0.348. The second-order valence-corrected chi connectivity index (χ2v) is 8.81. The van der Waals surface area contributed by atoms with Crippen LogP contribution in [0.25, 0.3) is 16.6 Å². The van der Waals surface area contributed by atoms with Crippen LogP contribution in [0.2, 0.25) is 0 Å². The largest absolute Gasteiger partial charge is 0.352 e. The van der Waals surface area contributed by atoms with Crippen LogP contribution in [0.15, 0.2) is 52.4 Å². The number of hydrogen-bond acceptors (Lipinski definition) is 4. The number of amides is 1. The van der Waals surface area contributed by atoms with Crippen molar-refractivity contribution in [3.63, 3.8) is 0 Å². The molecule has 1 aliphatic carbocycles. The lowest BCUT2D eigenvalue weighted by molar-refractivity contribution is -0.119. The van der Waals surface area contributed by atoms with Crippen molar-refractivity contribution in [2.75, 3.05) is 5.75 Å². The maximum atomic E-state index is 14.5. The minimum absolute atomic E-state index is 0.0385. The molecule has 0 bridgehead atoms. The Labute approximate surface area is 182 Å². The number of thioether (sulfide) groups is 1. The second kappa shape index (κ2) is 9.18. The molecule has 0 aliphatic heterocycles. The van der Waals surface area contributed by atoms with E-state index < -0.39 is 17.2 Å². The van der Waals surface area contributed by atoms with Gasteiger partial charge in [-0.15, -0.1) is 0 Å². The topological polar surface area (TPSA) is 64.0 Å². The van der Waals surface area contributed by atoms with Crippen LogP contribution in [0.4, 0.5) is 8.78 Å². The molecule has 1 saturated carbocycles. The summed E-state index contributed by atoms with van der Waals surface area (Å²) in [6.45, 7) is 2.14. The Morgan fingerprint density at radius 1 is 1.19 bits per heavy atom. The van der Waals surface area contributed by atoms with Crippen molar-refractivity contribution in [2.45, 2.75) is 43.8 Å². The molecule has 1 heterocycles. The number of para-hydroxylation sites is 1. The monoisotopic (exact) mass is 443 g/mol. The quantitative estimate of drug-likeness (QED) is 0.467. The van der Waals surface area contributed by atoms with E-state index in [1.165, 1.54) is 12.5 Å². The van der Waals surface area contributed by atoms with Crippen molar-refractivity contribution in [1.82, 2.24) is 14.9 Å². The maximum absolute atomic E-state index is 14.5. The SMILES string of the molecule is CC1CCCCC1NC(=O)CSc1nc2ccccc2c(=O)n1-c1ccc(F)cc1F. The van der Waals surface area contributed by atoms with Crippen LogP contribution in [-0.2, 0) is 4.79 Å². The third kappa shape index (κ3) is 4.63. The van der Waals surface area contributed by atoms with Crippen molar-refractivity contribution in [1.29, 1.82) is 0 Å². The zero-order chi connectivity index (χ0) is 22.0. The molecule has 5 nitrogen and oxygen atoms in total. The minimum Gasteiger partial charge on any atom is -0.352 e. The molecule has 1 N–H and O–H groups in total. The average Bonchev–Trinajstić information content (AvgIpc) is 2.75. The van der Waals surface area contributed by atoms with Crippen LogP contribution in [0, 0.1) is 17.6 Å². The molecule has 162 valence electrons. The van der Waals surface area contributed by atoms with Gasteiger partial charge in [0.25, 0.3) is 5.56 Å². The molecular weight excluding hydrogens is 420 g/mol. The lowest BCUT2D eigenvalue weighted by Gasteiger charge is -2.29. The Hall–Kier alpha value is -2.74. The van der Waals surface area contributed by atoms with Gasteiger partial charge in [-0.3, -0.25) is 14.2 Å². The summed E-state index contributed by atoms with van der Waals surface area (Å²) in [5.41, 5.74) is -0.122. The predicted octanol–water partition coefficient (Wildman–Crippen LogP) is 4.45. The Morgan fingerprint density at radius 3 is 2.74 bits per heavy atom. The van der Waals surface area contributed by atoms with Crippen molar-refractivity contribution in [3.05, 3.63) is 64.5 Å². The fourth-order valence-corrected chi connectivity index (χ4v) is 4.81. The number of hydrogen-bond donors (Lipinski definition) is 1. The van der Waals surface area contributed by atoms with Crippen LogP contribution in [-0.4, -0.2) is 27.3 Å². The number of nitrogens with zero attached hydrogens (tertiary/aromatic N) is 2. The van der Waals surface area contributed by atoms with Gasteiger partial charge < -0.3 is 5.32 Å². The van der Waals surface area contributed by atoms with E-state index in [0.29, 0.717) is 16.8 Å². The Balaban J connectivity index is 1.66. The zero-order valence-electron chi connectivity index (χ0n) is 17.1. The maximum Gasteiger partial charge on any atom is 0.266 e. The summed E-state index contributed by atoms with van der Waals surface area (Å²) in [6, 6.07) is 9.91. The first-order valence-electron chi connectivity index (χ1n) is 10.3. The van der Waals surface area contributed by atoms with Gasteiger partial charge in [-0.25, -0.2) is 13.8 Å². The Kier molecular flexibility index (Phi) is 6.36. The summed E-state index contributed by atoms with van der Waals surface area (Å²) >= 11 is 1.06. The van der Waals surface area contributed by atoms with Gasteiger partial charge in [-0.1, -0.05) is 43.7 Å². The number of nitrogens with one attached hydrogen (secondary N) is 1. The molecule has 8 heteroatoms. The lowest BCUT2D eigenvalue weighted by Crippen LogP contribution is -2.41. The summed E-state index contributed by atoms with van der Waals surface area (Å²) < 4.78 is 29.1. The van der Waals surface area contributed by atoms with E-state index in [4.69, 9.17) is 0 Å². The highest BCUT2D eigenvalue weighted by atomic mass is 32.2. The van der Waals surface area contributed by atoms with Crippen LogP contribution in [0.1, 0.15) is 32.6 Å². The minimum atomic E-state index is -0.874. The lowest BCUT2D eigenvalue weighted by atomic mass is 9.86. The van der Waals surface area contributed by atoms with Crippen molar-refractivity contribution >= 4 is 28.6 Å². The van der Waals surface area contributed by atoms with E-state index >= 15 is 0 Å². The third-order valence-electron chi connectivity index (χ3n) is 5.69. The van der Waals surface area contributed by atoms with Crippen LogP contribution in [0.5, 0.6) is 0 Å². The van der Waals surface area contributed by atoms with Gasteiger partial charge >= 0.3 is 0 Å². The number of benzene rings is 2. The normalized spacial score (nSPS) is 18.8. The smallest absolute Gasteiger partial charge is 0.266 e. The molecule has 1 aromatic heterocycles. The number of fused-ring (bicyclic) bond motifs is 1. The second-order valence-electron chi connectivity index (χ2n) is 7.87. The number of carbonyl (C=O) groups excluding carboxylic acids is 1. The van der Waals surface area contributed by atoms with E-state index in [0.717, 1.165) is 47.7 Å². The molecule has 0 spiro atoms. The summed E-state index contributed by atoms with van der Waals surface area (Å²) in [5.74, 6) is -1.30. The number of aromatic nitrogens is 2. The van der Waals surface area contributed by atoms with Crippen LogP contribution >= 0.6 is 11.8 Å². The van der Waals surface area contributed by atoms with Gasteiger partial charge in [-0.2, -0.15) is 0 Å². The molecule has 0 radical (unpaired) electrons. The molecule has 0 saturated heterocycles. The molecule has 31 heavy (non-hydrogen) atoms. The Bertz CT molecular complexity index is 1180.